The molecule has 3 rings (SSSR count). The Morgan fingerprint density at radius 3 is 2.78 bits per heavy atom. The number of carbonyl (C=O) groups is 1. The van der Waals surface area contributed by atoms with Crippen molar-refractivity contribution in [3.05, 3.63) is 63.2 Å². The molecule has 118 valence electrons. The molecule has 4 N–H and O–H groups in total. The lowest BCUT2D eigenvalue weighted by Gasteiger charge is -2.12. The van der Waals surface area contributed by atoms with Crippen molar-refractivity contribution in [1.82, 2.24) is 25.7 Å². The number of aromatic amines is 3. The van der Waals surface area contributed by atoms with Crippen LogP contribution in [0.25, 0.3) is 11.3 Å². The number of halogens is 1. The van der Waals surface area contributed by atoms with Crippen LogP contribution in [0.1, 0.15) is 29.0 Å². The van der Waals surface area contributed by atoms with E-state index in [9.17, 15) is 9.59 Å². The van der Waals surface area contributed by atoms with E-state index in [4.69, 9.17) is 11.6 Å². The summed E-state index contributed by atoms with van der Waals surface area (Å²) in [6.07, 6.45) is 1.45. The molecule has 3 aromatic rings. The summed E-state index contributed by atoms with van der Waals surface area (Å²) in [5, 5.41) is 15.2. The number of nitrogens with zero attached hydrogens (tertiary/aromatic N) is 1. The second kappa shape index (κ2) is 6.13. The number of H-pyrrole nitrogens is 3. The van der Waals surface area contributed by atoms with Crippen LogP contribution in [0, 0.1) is 0 Å². The van der Waals surface area contributed by atoms with Crippen molar-refractivity contribution in [1.29, 1.82) is 0 Å². The highest BCUT2D eigenvalue weighted by Gasteiger charge is 2.19. The molecule has 2 aromatic heterocycles. The Bertz CT molecular complexity index is 895. The molecule has 0 fully saturated rings. The molecule has 23 heavy (non-hydrogen) atoms. The SMILES string of the molecule is CC(NC(=O)c1cn[nH]c1-c1ccccc1Cl)c1cc(=O)[nH][nH]1. The van der Waals surface area contributed by atoms with E-state index in [1.165, 1.54) is 12.3 Å². The highest BCUT2D eigenvalue weighted by Crippen LogP contribution is 2.28. The van der Waals surface area contributed by atoms with E-state index in [-0.39, 0.29) is 17.5 Å². The lowest BCUT2D eigenvalue weighted by atomic mass is 10.1. The van der Waals surface area contributed by atoms with Gasteiger partial charge < -0.3 is 10.4 Å². The number of carbonyl (C=O) groups excluding carboxylic acids is 1. The fourth-order valence-electron chi connectivity index (χ4n) is 2.26. The number of benzene rings is 1. The number of amides is 1. The van der Waals surface area contributed by atoms with E-state index in [1.807, 2.05) is 12.1 Å². The molecule has 1 unspecified atom stereocenters. The van der Waals surface area contributed by atoms with Crippen molar-refractivity contribution in [2.75, 3.05) is 0 Å². The Morgan fingerprint density at radius 2 is 2.09 bits per heavy atom. The zero-order valence-electron chi connectivity index (χ0n) is 12.2. The van der Waals surface area contributed by atoms with E-state index in [0.29, 0.717) is 27.5 Å². The molecular weight excluding hydrogens is 318 g/mol. The van der Waals surface area contributed by atoms with Gasteiger partial charge in [0.2, 0.25) is 0 Å². The first-order chi connectivity index (χ1) is 11.1. The van der Waals surface area contributed by atoms with E-state index in [1.54, 1.807) is 19.1 Å². The first kappa shape index (κ1) is 15.1. The topological polar surface area (TPSA) is 106 Å². The van der Waals surface area contributed by atoms with Crippen molar-refractivity contribution in [3.8, 4) is 11.3 Å². The summed E-state index contributed by atoms with van der Waals surface area (Å²) in [5.74, 6) is -0.316. The predicted octanol–water partition coefficient (Wildman–Crippen LogP) is 2.24. The molecule has 0 aliphatic rings. The third kappa shape index (κ3) is 3.04. The normalized spacial score (nSPS) is 12.1. The average Bonchev–Trinajstić information content (AvgIpc) is 3.16. The number of hydrogen-bond donors (Lipinski definition) is 4. The minimum Gasteiger partial charge on any atom is -0.344 e. The highest BCUT2D eigenvalue weighted by atomic mass is 35.5. The molecule has 1 atom stereocenters. The first-order valence-electron chi connectivity index (χ1n) is 6.93. The Labute approximate surface area is 136 Å². The van der Waals surface area contributed by atoms with Crippen LogP contribution in [-0.2, 0) is 0 Å². The number of hydrogen-bond acceptors (Lipinski definition) is 3. The molecule has 1 amide bonds. The monoisotopic (exact) mass is 331 g/mol. The largest absolute Gasteiger partial charge is 0.344 e. The molecule has 0 aliphatic heterocycles. The summed E-state index contributed by atoms with van der Waals surface area (Å²) < 4.78 is 0. The standard InChI is InChI=1S/C15H14ClN5O2/c1-8(12-6-13(22)20-19-12)18-15(23)10-7-17-21-14(10)9-4-2-3-5-11(9)16/h2-8H,1H3,(H,17,21)(H,18,23)(H2,19,20,22). The summed E-state index contributed by atoms with van der Waals surface area (Å²) in [7, 11) is 0. The van der Waals surface area contributed by atoms with Crippen LogP contribution < -0.4 is 10.9 Å². The number of nitrogens with one attached hydrogen (secondary N) is 4. The number of rotatable bonds is 4. The highest BCUT2D eigenvalue weighted by molar-refractivity contribution is 6.33. The Balaban J connectivity index is 1.86. The maximum atomic E-state index is 12.5. The van der Waals surface area contributed by atoms with Gasteiger partial charge in [0, 0.05) is 16.7 Å². The van der Waals surface area contributed by atoms with E-state index in [0.717, 1.165) is 0 Å². The van der Waals surface area contributed by atoms with Crippen LogP contribution in [0.4, 0.5) is 0 Å². The van der Waals surface area contributed by atoms with Gasteiger partial charge in [0.1, 0.15) is 0 Å². The predicted molar refractivity (Wildman–Crippen MR) is 86.3 cm³/mol. The van der Waals surface area contributed by atoms with Crippen LogP contribution in [0.5, 0.6) is 0 Å². The summed E-state index contributed by atoms with van der Waals surface area (Å²) >= 11 is 6.17. The Hall–Kier alpha value is -2.80. The van der Waals surface area contributed by atoms with Gasteiger partial charge >= 0.3 is 0 Å². The molecule has 0 radical (unpaired) electrons. The second-order valence-corrected chi connectivity index (χ2v) is 5.45. The minimum atomic E-state index is -0.365. The summed E-state index contributed by atoms with van der Waals surface area (Å²) in [5.41, 5.74) is 1.96. The van der Waals surface area contributed by atoms with Crippen LogP contribution in [-0.4, -0.2) is 26.3 Å². The third-order valence-corrected chi connectivity index (χ3v) is 3.79. The maximum Gasteiger partial charge on any atom is 0.264 e. The zero-order chi connectivity index (χ0) is 16.4. The summed E-state index contributed by atoms with van der Waals surface area (Å²) in [6, 6.07) is 8.22. The van der Waals surface area contributed by atoms with Crippen LogP contribution in [0.3, 0.4) is 0 Å². The minimum absolute atomic E-state index is 0.249. The molecule has 0 aliphatic carbocycles. The van der Waals surface area contributed by atoms with Gasteiger partial charge in [0.15, 0.2) is 0 Å². The molecule has 0 bridgehead atoms. The van der Waals surface area contributed by atoms with E-state index in [2.05, 4.69) is 25.7 Å². The van der Waals surface area contributed by atoms with E-state index < -0.39 is 0 Å². The van der Waals surface area contributed by atoms with Crippen molar-refractivity contribution in [3.63, 3.8) is 0 Å². The Kier molecular flexibility index (Phi) is 4.03. The summed E-state index contributed by atoms with van der Waals surface area (Å²) in [4.78, 5) is 23.6. The molecular formula is C15H14ClN5O2. The van der Waals surface area contributed by atoms with Gasteiger partial charge in [-0.3, -0.25) is 19.8 Å². The fraction of sp³-hybridized carbons (Fsp3) is 0.133. The van der Waals surface area contributed by atoms with Crippen molar-refractivity contribution < 1.29 is 4.79 Å². The van der Waals surface area contributed by atoms with Gasteiger partial charge in [0.25, 0.3) is 11.5 Å². The lowest BCUT2D eigenvalue weighted by Crippen LogP contribution is -2.27. The van der Waals surface area contributed by atoms with Crippen LogP contribution in [0.15, 0.2) is 41.3 Å². The van der Waals surface area contributed by atoms with E-state index >= 15 is 0 Å². The quantitative estimate of drug-likeness (QED) is 0.589. The lowest BCUT2D eigenvalue weighted by molar-refractivity contribution is 0.0940. The number of aromatic nitrogens is 4. The fourth-order valence-corrected chi connectivity index (χ4v) is 2.49. The Morgan fingerprint density at radius 1 is 1.30 bits per heavy atom. The van der Waals surface area contributed by atoms with Gasteiger partial charge in [-0.25, -0.2) is 0 Å². The van der Waals surface area contributed by atoms with Gasteiger partial charge in [-0.15, -0.1) is 0 Å². The summed E-state index contributed by atoms with van der Waals surface area (Å²) in [6.45, 7) is 1.77. The van der Waals surface area contributed by atoms with Crippen LogP contribution >= 0.6 is 11.6 Å². The average molecular weight is 332 g/mol. The van der Waals surface area contributed by atoms with Crippen molar-refractivity contribution in [2.45, 2.75) is 13.0 Å². The molecule has 0 spiro atoms. The molecule has 1 aromatic carbocycles. The molecule has 8 heteroatoms. The molecule has 0 saturated heterocycles. The maximum absolute atomic E-state index is 12.5. The second-order valence-electron chi connectivity index (χ2n) is 5.05. The van der Waals surface area contributed by atoms with Crippen LogP contribution in [0.2, 0.25) is 5.02 Å². The van der Waals surface area contributed by atoms with Crippen molar-refractivity contribution >= 4 is 17.5 Å². The molecule has 0 saturated carbocycles. The van der Waals surface area contributed by atoms with Gasteiger partial charge in [-0.2, -0.15) is 5.10 Å². The third-order valence-electron chi connectivity index (χ3n) is 3.46. The zero-order valence-corrected chi connectivity index (χ0v) is 12.9. The van der Waals surface area contributed by atoms with Gasteiger partial charge in [-0.05, 0) is 13.0 Å². The van der Waals surface area contributed by atoms with Crippen molar-refractivity contribution in [2.24, 2.45) is 0 Å². The first-order valence-corrected chi connectivity index (χ1v) is 7.31. The van der Waals surface area contributed by atoms with Gasteiger partial charge in [-0.1, -0.05) is 29.8 Å². The van der Waals surface area contributed by atoms with Gasteiger partial charge in [0.05, 0.1) is 29.2 Å². The molecule has 2 heterocycles. The molecule has 7 nitrogen and oxygen atoms in total. The smallest absolute Gasteiger partial charge is 0.264 e.